The Kier molecular flexibility index (Phi) is 4.34. The van der Waals surface area contributed by atoms with E-state index in [4.69, 9.17) is 4.98 Å². The molecule has 1 saturated heterocycles. The van der Waals surface area contributed by atoms with E-state index < -0.39 is 0 Å². The van der Waals surface area contributed by atoms with Crippen LogP contribution in [0.3, 0.4) is 0 Å². The molecule has 1 unspecified atom stereocenters. The van der Waals surface area contributed by atoms with E-state index in [1.165, 1.54) is 0 Å². The number of rotatable bonds is 4. The zero-order valence-electron chi connectivity index (χ0n) is 15.3. The van der Waals surface area contributed by atoms with Crippen molar-refractivity contribution in [2.75, 3.05) is 23.3 Å². The molecule has 0 amide bonds. The maximum absolute atomic E-state index is 4.86. The molecule has 3 aromatic rings. The SMILES string of the molecule is CC1CN(c2cc(NCc3cccnc3)n3ncc(Br)c3n2)CC1(C)C. The van der Waals surface area contributed by atoms with Crippen molar-refractivity contribution in [1.29, 1.82) is 0 Å². The van der Waals surface area contributed by atoms with Crippen LogP contribution in [0.25, 0.3) is 5.65 Å². The Morgan fingerprint density at radius 3 is 2.88 bits per heavy atom. The average molecular weight is 415 g/mol. The summed E-state index contributed by atoms with van der Waals surface area (Å²) in [5, 5.41) is 7.94. The van der Waals surface area contributed by atoms with Gasteiger partial charge in [-0.05, 0) is 38.9 Å². The first-order valence-electron chi connectivity index (χ1n) is 8.86. The molecule has 1 aliphatic heterocycles. The lowest BCUT2D eigenvalue weighted by Gasteiger charge is -2.23. The summed E-state index contributed by atoms with van der Waals surface area (Å²) in [5.41, 5.74) is 2.24. The average Bonchev–Trinajstić information content (AvgIpc) is 3.13. The number of hydrogen-bond donors (Lipinski definition) is 1. The highest BCUT2D eigenvalue weighted by molar-refractivity contribution is 9.10. The predicted octanol–water partition coefficient (Wildman–Crippen LogP) is 3.98. The van der Waals surface area contributed by atoms with Gasteiger partial charge in [0, 0.05) is 38.1 Å². The third-order valence-corrected chi connectivity index (χ3v) is 5.92. The summed E-state index contributed by atoms with van der Waals surface area (Å²) >= 11 is 3.57. The zero-order chi connectivity index (χ0) is 18.3. The van der Waals surface area contributed by atoms with Gasteiger partial charge in [-0.2, -0.15) is 9.61 Å². The van der Waals surface area contributed by atoms with Crippen LogP contribution >= 0.6 is 15.9 Å². The third kappa shape index (κ3) is 3.16. The van der Waals surface area contributed by atoms with Crippen LogP contribution in [0.5, 0.6) is 0 Å². The molecule has 26 heavy (non-hydrogen) atoms. The van der Waals surface area contributed by atoms with Gasteiger partial charge in [-0.25, -0.2) is 4.98 Å². The smallest absolute Gasteiger partial charge is 0.173 e. The normalized spacial score (nSPS) is 19.2. The van der Waals surface area contributed by atoms with Crippen molar-refractivity contribution in [2.24, 2.45) is 11.3 Å². The first-order chi connectivity index (χ1) is 12.4. The summed E-state index contributed by atoms with van der Waals surface area (Å²) in [5.74, 6) is 2.54. The monoisotopic (exact) mass is 414 g/mol. The molecule has 7 heteroatoms. The largest absolute Gasteiger partial charge is 0.366 e. The van der Waals surface area contributed by atoms with Crippen molar-refractivity contribution in [3.63, 3.8) is 0 Å². The van der Waals surface area contributed by atoms with Crippen LogP contribution in [0.2, 0.25) is 0 Å². The molecule has 0 bridgehead atoms. The molecule has 1 fully saturated rings. The fraction of sp³-hybridized carbons (Fsp3) is 0.421. The van der Waals surface area contributed by atoms with E-state index in [1.54, 1.807) is 12.4 Å². The van der Waals surface area contributed by atoms with E-state index >= 15 is 0 Å². The van der Waals surface area contributed by atoms with Crippen molar-refractivity contribution in [3.8, 4) is 0 Å². The van der Waals surface area contributed by atoms with Crippen LogP contribution in [0.4, 0.5) is 11.6 Å². The molecular formula is C19H23BrN6. The second-order valence-electron chi connectivity index (χ2n) is 7.71. The minimum atomic E-state index is 0.286. The minimum absolute atomic E-state index is 0.286. The van der Waals surface area contributed by atoms with Gasteiger partial charge < -0.3 is 10.2 Å². The number of pyridine rings is 1. The van der Waals surface area contributed by atoms with Crippen molar-refractivity contribution in [1.82, 2.24) is 19.6 Å². The first-order valence-corrected chi connectivity index (χ1v) is 9.65. The van der Waals surface area contributed by atoms with Crippen molar-refractivity contribution in [3.05, 3.63) is 46.8 Å². The molecule has 3 aromatic heterocycles. The van der Waals surface area contributed by atoms with Crippen LogP contribution in [0.15, 0.2) is 41.3 Å². The quantitative estimate of drug-likeness (QED) is 0.699. The van der Waals surface area contributed by atoms with Crippen LogP contribution in [0.1, 0.15) is 26.3 Å². The lowest BCUT2D eigenvalue weighted by molar-refractivity contribution is 0.312. The Bertz CT molecular complexity index is 920. The highest BCUT2D eigenvalue weighted by Gasteiger charge is 2.37. The number of hydrogen-bond acceptors (Lipinski definition) is 5. The molecule has 1 aliphatic rings. The molecular weight excluding hydrogens is 392 g/mol. The standard InChI is InChI=1S/C19H23BrN6/c1-13-11-25(12-19(13,2)3)17-7-16(22-9-14-5-4-6-21-8-14)26-18(24-17)15(20)10-23-26/h4-8,10,13,22H,9,11-12H2,1-3H3. The van der Waals surface area contributed by atoms with Gasteiger partial charge in [-0.3, -0.25) is 4.98 Å². The molecule has 0 aromatic carbocycles. The van der Waals surface area contributed by atoms with Gasteiger partial charge in [-0.1, -0.05) is 26.8 Å². The highest BCUT2D eigenvalue weighted by Crippen LogP contribution is 2.37. The Balaban J connectivity index is 1.68. The van der Waals surface area contributed by atoms with Gasteiger partial charge in [0.05, 0.1) is 10.7 Å². The number of halogens is 1. The van der Waals surface area contributed by atoms with E-state index in [0.717, 1.165) is 40.4 Å². The van der Waals surface area contributed by atoms with Crippen molar-refractivity contribution in [2.45, 2.75) is 27.3 Å². The molecule has 4 rings (SSSR count). The maximum Gasteiger partial charge on any atom is 0.173 e. The fourth-order valence-corrected chi connectivity index (χ4v) is 3.72. The van der Waals surface area contributed by atoms with Crippen molar-refractivity contribution < 1.29 is 0 Å². The Hall–Kier alpha value is -2.15. The highest BCUT2D eigenvalue weighted by atomic mass is 79.9. The molecule has 6 nitrogen and oxygen atoms in total. The van der Waals surface area contributed by atoms with E-state index in [0.29, 0.717) is 12.5 Å². The van der Waals surface area contributed by atoms with Gasteiger partial charge in [-0.15, -0.1) is 0 Å². The second-order valence-corrected chi connectivity index (χ2v) is 8.57. The van der Waals surface area contributed by atoms with Gasteiger partial charge >= 0.3 is 0 Å². The number of nitrogens with one attached hydrogen (secondary N) is 1. The van der Waals surface area contributed by atoms with E-state index in [9.17, 15) is 0 Å². The summed E-state index contributed by atoms with van der Waals surface area (Å²) in [6.45, 7) is 9.68. The predicted molar refractivity (Wildman–Crippen MR) is 107 cm³/mol. The first kappa shape index (κ1) is 17.3. The van der Waals surface area contributed by atoms with Crippen LogP contribution < -0.4 is 10.2 Å². The molecule has 4 heterocycles. The van der Waals surface area contributed by atoms with Crippen LogP contribution in [0, 0.1) is 11.3 Å². The molecule has 0 aliphatic carbocycles. The number of nitrogens with zero attached hydrogens (tertiary/aromatic N) is 5. The summed E-state index contributed by atoms with van der Waals surface area (Å²) in [4.78, 5) is 11.4. The number of aromatic nitrogens is 4. The van der Waals surface area contributed by atoms with E-state index in [2.05, 4.69) is 69.1 Å². The molecule has 0 saturated carbocycles. The Labute approximate surface area is 161 Å². The van der Waals surface area contributed by atoms with Crippen LogP contribution in [-0.4, -0.2) is 32.7 Å². The summed E-state index contributed by atoms with van der Waals surface area (Å²) < 4.78 is 2.74. The summed E-state index contributed by atoms with van der Waals surface area (Å²) in [6, 6.07) is 6.10. The second kappa shape index (κ2) is 6.54. The van der Waals surface area contributed by atoms with Gasteiger partial charge in [0.25, 0.3) is 0 Å². The van der Waals surface area contributed by atoms with Gasteiger partial charge in [0.1, 0.15) is 11.6 Å². The minimum Gasteiger partial charge on any atom is -0.366 e. The number of anilines is 2. The lowest BCUT2D eigenvalue weighted by atomic mass is 9.84. The Morgan fingerprint density at radius 2 is 2.19 bits per heavy atom. The molecule has 1 atom stereocenters. The lowest BCUT2D eigenvalue weighted by Crippen LogP contribution is -2.24. The van der Waals surface area contributed by atoms with Crippen LogP contribution in [-0.2, 0) is 6.54 Å². The van der Waals surface area contributed by atoms with E-state index in [-0.39, 0.29) is 5.41 Å². The Morgan fingerprint density at radius 1 is 1.35 bits per heavy atom. The fourth-order valence-electron chi connectivity index (χ4n) is 3.37. The zero-order valence-corrected chi connectivity index (χ0v) is 16.9. The van der Waals surface area contributed by atoms with Gasteiger partial charge in [0.15, 0.2) is 5.65 Å². The van der Waals surface area contributed by atoms with Crippen molar-refractivity contribution >= 4 is 33.2 Å². The summed E-state index contributed by atoms with van der Waals surface area (Å²) in [6.07, 6.45) is 5.45. The maximum atomic E-state index is 4.86. The topological polar surface area (TPSA) is 58.4 Å². The molecule has 0 spiro atoms. The molecule has 1 N–H and O–H groups in total. The third-order valence-electron chi connectivity index (χ3n) is 5.36. The van der Waals surface area contributed by atoms with Gasteiger partial charge in [0.2, 0.25) is 0 Å². The molecule has 136 valence electrons. The summed E-state index contributed by atoms with van der Waals surface area (Å²) in [7, 11) is 0. The molecule has 0 radical (unpaired) electrons. The van der Waals surface area contributed by atoms with E-state index in [1.807, 2.05) is 16.8 Å². The number of fused-ring (bicyclic) bond motifs is 1.